The highest BCUT2D eigenvalue weighted by molar-refractivity contribution is 5.79. The normalized spacial score (nSPS) is 15.4. The Morgan fingerprint density at radius 3 is 2.83 bits per heavy atom. The van der Waals surface area contributed by atoms with Crippen molar-refractivity contribution in [3.05, 3.63) is 41.5 Å². The van der Waals surface area contributed by atoms with Gasteiger partial charge in [0.2, 0.25) is 0 Å². The van der Waals surface area contributed by atoms with Gasteiger partial charge in [0.15, 0.2) is 11.8 Å². The third-order valence-corrected chi connectivity index (χ3v) is 4.99. The Morgan fingerprint density at radius 2 is 2.10 bits per heavy atom. The van der Waals surface area contributed by atoms with Crippen LogP contribution in [0.1, 0.15) is 43.4 Å². The molecule has 0 saturated carbocycles. The van der Waals surface area contributed by atoms with Crippen LogP contribution in [0.15, 0.2) is 29.3 Å². The van der Waals surface area contributed by atoms with Crippen LogP contribution in [0.3, 0.4) is 0 Å². The molecule has 1 aromatic carbocycles. The molecule has 0 amide bonds. The Morgan fingerprint density at radius 1 is 1.27 bits per heavy atom. The van der Waals surface area contributed by atoms with Crippen molar-refractivity contribution >= 4 is 5.96 Å². The molecule has 0 bridgehead atoms. The van der Waals surface area contributed by atoms with E-state index in [0.29, 0.717) is 25.5 Å². The van der Waals surface area contributed by atoms with Gasteiger partial charge in [-0.05, 0) is 37.5 Å². The third kappa shape index (κ3) is 5.64. The van der Waals surface area contributed by atoms with Crippen LogP contribution < -0.4 is 15.4 Å². The second-order valence-electron chi connectivity index (χ2n) is 7.12. The van der Waals surface area contributed by atoms with Crippen LogP contribution in [0.2, 0.25) is 0 Å². The molecular weight excluding hydrogens is 397 g/mol. The van der Waals surface area contributed by atoms with E-state index in [1.807, 2.05) is 6.92 Å². The molecule has 2 heterocycles. The number of aromatic nitrogens is 3. The number of guanidine groups is 1. The number of ether oxygens (including phenoxy) is 1. The first kappa shape index (κ1) is 21.9. The van der Waals surface area contributed by atoms with E-state index >= 15 is 0 Å². The van der Waals surface area contributed by atoms with Crippen molar-refractivity contribution in [2.45, 2.75) is 58.0 Å². The van der Waals surface area contributed by atoms with E-state index in [-0.39, 0.29) is 11.9 Å². The second kappa shape index (κ2) is 9.82. The van der Waals surface area contributed by atoms with Gasteiger partial charge in [0.05, 0.1) is 18.7 Å². The summed E-state index contributed by atoms with van der Waals surface area (Å²) >= 11 is 0. The maximum absolute atomic E-state index is 12.9. The molecule has 2 aromatic rings. The summed E-state index contributed by atoms with van der Waals surface area (Å²) in [5.41, 5.74) is -0.725. The van der Waals surface area contributed by atoms with Crippen molar-refractivity contribution in [2.75, 3.05) is 13.6 Å². The number of hydrogen-bond acceptors (Lipinski definition) is 4. The highest BCUT2D eigenvalue weighted by Gasteiger charge is 2.30. The highest BCUT2D eigenvalue weighted by atomic mass is 19.4. The fraction of sp³-hybridized carbons (Fsp3) is 0.550. The lowest BCUT2D eigenvalue weighted by Crippen LogP contribution is -2.42. The summed E-state index contributed by atoms with van der Waals surface area (Å²) in [7, 11) is 1.66. The van der Waals surface area contributed by atoms with Gasteiger partial charge in [0.1, 0.15) is 17.7 Å². The van der Waals surface area contributed by atoms with Crippen LogP contribution >= 0.6 is 0 Å². The van der Waals surface area contributed by atoms with Gasteiger partial charge in [0.25, 0.3) is 0 Å². The van der Waals surface area contributed by atoms with Gasteiger partial charge >= 0.3 is 6.18 Å². The van der Waals surface area contributed by atoms with E-state index in [1.165, 1.54) is 12.1 Å². The summed E-state index contributed by atoms with van der Waals surface area (Å²) in [6.07, 6.45) is -0.877. The van der Waals surface area contributed by atoms with Gasteiger partial charge in [-0.15, -0.1) is 10.2 Å². The van der Waals surface area contributed by atoms with Gasteiger partial charge < -0.3 is 19.9 Å². The number of aryl methyl sites for hydroxylation is 1. The minimum absolute atomic E-state index is 0.191. The first-order valence-corrected chi connectivity index (χ1v) is 10.1. The molecule has 0 fully saturated rings. The van der Waals surface area contributed by atoms with E-state index in [1.54, 1.807) is 7.05 Å². The molecule has 1 atom stereocenters. The minimum Gasteiger partial charge on any atom is -0.489 e. The monoisotopic (exact) mass is 424 g/mol. The molecule has 3 rings (SSSR count). The fourth-order valence-electron chi connectivity index (χ4n) is 3.30. The van der Waals surface area contributed by atoms with E-state index in [4.69, 9.17) is 4.74 Å². The lowest BCUT2D eigenvalue weighted by molar-refractivity contribution is -0.137. The lowest BCUT2D eigenvalue weighted by atomic mass is 10.2. The summed E-state index contributed by atoms with van der Waals surface area (Å²) < 4.78 is 46.6. The number of alkyl halides is 3. The van der Waals surface area contributed by atoms with Crippen molar-refractivity contribution in [1.29, 1.82) is 0 Å². The van der Waals surface area contributed by atoms with Gasteiger partial charge in [-0.1, -0.05) is 13.0 Å². The summed E-state index contributed by atoms with van der Waals surface area (Å²) in [4.78, 5) is 4.19. The van der Waals surface area contributed by atoms with Crippen LogP contribution in [-0.4, -0.2) is 40.4 Å². The molecule has 0 aliphatic carbocycles. The molecular formula is C20H27F3N6O. The molecule has 0 radical (unpaired) electrons. The Labute approximate surface area is 173 Å². The van der Waals surface area contributed by atoms with E-state index in [2.05, 4.69) is 30.4 Å². The Kier molecular flexibility index (Phi) is 7.17. The van der Waals surface area contributed by atoms with Crippen LogP contribution in [0.4, 0.5) is 13.2 Å². The van der Waals surface area contributed by atoms with Gasteiger partial charge in [-0.25, -0.2) is 0 Å². The lowest BCUT2D eigenvalue weighted by Gasteiger charge is -2.21. The molecule has 1 unspecified atom stereocenters. The zero-order valence-corrected chi connectivity index (χ0v) is 17.2. The minimum atomic E-state index is -4.40. The van der Waals surface area contributed by atoms with Gasteiger partial charge in [-0.3, -0.25) is 4.99 Å². The Hall–Kier alpha value is -2.78. The number of aliphatic imine (C=N–C) groups is 1. The SMILES string of the molecule is CCC(CNC(=NC)NCc1nnc2n1CCCC2)Oc1cccc(C(F)(F)F)c1. The average Bonchev–Trinajstić information content (AvgIpc) is 3.15. The average molecular weight is 424 g/mol. The van der Waals surface area contributed by atoms with E-state index < -0.39 is 11.7 Å². The second-order valence-corrected chi connectivity index (χ2v) is 7.12. The summed E-state index contributed by atoms with van der Waals surface area (Å²) in [6.45, 7) is 3.72. The largest absolute Gasteiger partial charge is 0.489 e. The molecule has 164 valence electrons. The van der Waals surface area contributed by atoms with Crippen molar-refractivity contribution < 1.29 is 17.9 Å². The molecule has 1 aliphatic rings. The summed E-state index contributed by atoms with van der Waals surface area (Å²) in [6, 6.07) is 4.92. The number of nitrogens with one attached hydrogen (secondary N) is 2. The van der Waals surface area contributed by atoms with Crippen molar-refractivity contribution in [1.82, 2.24) is 25.4 Å². The summed E-state index contributed by atoms with van der Waals surface area (Å²) in [5.74, 6) is 2.63. The number of fused-ring (bicyclic) bond motifs is 1. The van der Waals surface area contributed by atoms with Crippen molar-refractivity contribution in [3.63, 3.8) is 0 Å². The molecule has 1 aromatic heterocycles. The predicted octanol–water partition coefficient (Wildman–Crippen LogP) is 3.16. The van der Waals surface area contributed by atoms with Crippen molar-refractivity contribution in [3.8, 4) is 5.75 Å². The smallest absolute Gasteiger partial charge is 0.416 e. The highest BCUT2D eigenvalue weighted by Crippen LogP contribution is 2.31. The molecule has 10 heteroatoms. The fourth-order valence-corrected chi connectivity index (χ4v) is 3.30. The third-order valence-electron chi connectivity index (χ3n) is 4.99. The van der Waals surface area contributed by atoms with Crippen LogP contribution in [-0.2, 0) is 25.7 Å². The molecule has 0 spiro atoms. The van der Waals surface area contributed by atoms with Gasteiger partial charge in [-0.2, -0.15) is 13.2 Å². The number of rotatable bonds is 7. The number of hydrogen-bond donors (Lipinski definition) is 2. The summed E-state index contributed by atoms with van der Waals surface area (Å²) in [5, 5.41) is 14.8. The van der Waals surface area contributed by atoms with Crippen LogP contribution in [0, 0.1) is 0 Å². The zero-order valence-electron chi connectivity index (χ0n) is 17.2. The predicted molar refractivity (Wildman–Crippen MR) is 107 cm³/mol. The number of halogens is 3. The molecule has 2 N–H and O–H groups in total. The quantitative estimate of drug-likeness (QED) is 0.528. The van der Waals surface area contributed by atoms with Crippen molar-refractivity contribution in [2.24, 2.45) is 4.99 Å². The zero-order chi connectivity index (χ0) is 21.6. The maximum Gasteiger partial charge on any atom is 0.416 e. The van der Waals surface area contributed by atoms with E-state index in [9.17, 15) is 13.2 Å². The van der Waals surface area contributed by atoms with E-state index in [0.717, 1.165) is 49.6 Å². The maximum atomic E-state index is 12.9. The van der Waals surface area contributed by atoms with Gasteiger partial charge in [0, 0.05) is 20.0 Å². The molecule has 0 saturated heterocycles. The Balaban J connectivity index is 1.52. The molecule has 30 heavy (non-hydrogen) atoms. The standard InChI is InChI=1S/C20H27F3N6O/c1-3-15(30-16-8-6-7-14(11-16)20(21,22)23)12-25-19(24-2)26-13-18-28-27-17-9-4-5-10-29(17)18/h6-8,11,15H,3-5,9-10,12-13H2,1-2H3,(H2,24,25,26). The number of nitrogens with zero attached hydrogens (tertiary/aromatic N) is 4. The van der Waals surface area contributed by atoms with Crippen LogP contribution in [0.25, 0.3) is 0 Å². The first-order chi connectivity index (χ1) is 14.4. The van der Waals surface area contributed by atoms with Crippen LogP contribution in [0.5, 0.6) is 5.75 Å². The Bertz CT molecular complexity index is 864. The molecule has 1 aliphatic heterocycles. The topological polar surface area (TPSA) is 76.4 Å². The number of benzene rings is 1. The molecule has 7 nitrogen and oxygen atoms in total. The first-order valence-electron chi connectivity index (χ1n) is 10.1.